The van der Waals surface area contributed by atoms with Gasteiger partial charge in [-0.1, -0.05) is 0 Å². The smallest absolute Gasteiger partial charge is 0.0658 e. The molecule has 0 atom stereocenters. The van der Waals surface area contributed by atoms with E-state index < -0.39 is 0 Å². The Morgan fingerprint density at radius 3 is 1.04 bits per heavy atom. The van der Waals surface area contributed by atoms with Gasteiger partial charge in [0.2, 0.25) is 0 Å². The first kappa shape index (κ1) is 16.7. The summed E-state index contributed by atoms with van der Waals surface area (Å²) in [6.45, 7) is 0. The molecule has 0 saturated carbocycles. The predicted molar refractivity (Wildman–Crippen MR) is 105 cm³/mol. The number of aromatic amines is 2. The van der Waals surface area contributed by atoms with Gasteiger partial charge < -0.3 is 9.97 Å². The van der Waals surface area contributed by atoms with Gasteiger partial charge in [-0.05, 0) is 72.8 Å². The van der Waals surface area contributed by atoms with Gasteiger partial charge in [-0.25, -0.2) is 9.97 Å². The van der Waals surface area contributed by atoms with E-state index in [9.17, 15) is 0 Å². The molecule has 2 aliphatic heterocycles. The van der Waals surface area contributed by atoms with Crippen molar-refractivity contribution in [2.45, 2.75) is 0 Å². The monoisotopic (exact) mass is 349 g/mol. The van der Waals surface area contributed by atoms with Gasteiger partial charge in [0.15, 0.2) is 0 Å². The minimum Gasteiger partial charge on any atom is -0.355 e. The van der Waals surface area contributed by atoms with E-state index >= 15 is 0 Å². The number of aromatic nitrogens is 4. The van der Waals surface area contributed by atoms with Gasteiger partial charge in [0.1, 0.15) is 0 Å². The van der Waals surface area contributed by atoms with Crippen LogP contribution in [0.5, 0.6) is 0 Å². The molecule has 25 heavy (non-hydrogen) atoms. The van der Waals surface area contributed by atoms with Gasteiger partial charge in [0, 0.05) is 73.5 Å². The molecule has 0 fully saturated rings. The van der Waals surface area contributed by atoms with Gasteiger partial charge >= 0.3 is 0 Å². The molecule has 0 unspecified atom stereocenters. The molecule has 0 saturated heterocycles. The van der Waals surface area contributed by atoms with Crippen molar-refractivity contribution < 1.29 is 0 Å². The van der Waals surface area contributed by atoms with E-state index in [-0.39, 0.29) is 51.4 Å². The van der Waals surface area contributed by atoms with Gasteiger partial charge in [0.25, 0.3) is 0 Å². The molecule has 0 aliphatic carbocycles. The van der Waals surface area contributed by atoms with Crippen molar-refractivity contribution in [2.75, 3.05) is 0 Å². The van der Waals surface area contributed by atoms with Crippen LogP contribution in [0.2, 0.25) is 0 Å². The zero-order valence-electron chi connectivity index (χ0n) is 13.8. The Labute approximate surface area is 187 Å². The summed E-state index contributed by atoms with van der Waals surface area (Å²) in [5.74, 6) is 0. The van der Waals surface area contributed by atoms with Crippen LogP contribution >= 0.6 is 0 Å². The van der Waals surface area contributed by atoms with Crippen molar-refractivity contribution in [3.05, 3.63) is 71.3 Å². The Morgan fingerprint density at radius 2 is 0.760 bits per heavy atom. The number of nitrogens with one attached hydrogen (secondary N) is 2. The topological polar surface area (TPSA) is 57.4 Å². The van der Waals surface area contributed by atoms with Crippen molar-refractivity contribution in [1.82, 2.24) is 19.9 Å². The molecule has 8 bridgehead atoms. The van der Waals surface area contributed by atoms with E-state index in [2.05, 4.69) is 44.2 Å². The summed E-state index contributed by atoms with van der Waals surface area (Å²) in [6.07, 6.45) is 8.09. The molecular weight excluding hydrogens is 335 g/mol. The van der Waals surface area contributed by atoms with Gasteiger partial charge in [0.05, 0.1) is 22.8 Å². The Balaban J connectivity index is 0.00000157. The van der Waals surface area contributed by atoms with Crippen LogP contribution in [0.1, 0.15) is 22.8 Å². The van der Waals surface area contributed by atoms with E-state index in [4.69, 9.17) is 0 Å². The van der Waals surface area contributed by atoms with Crippen molar-refractivity contribution in [1.29, 1.82) is 0 Å². The predicted octanol–water partition coefficient (Wildman–Crippen LogP) is 4.27. The number of hydrogen-bond donors (Lipinski definition) is 2. The number of H-pyrrole nitrogens is 2. The van der Waals surface area contributed by atoms with Crippen LogP contribution in [0.4, 0.5) is 0 Å². The van der Waals surface area contributed by atoms with Crippen LogP contribution in [0.25, 0.3) is 46.4 Å². The third kappa shape index (κ3) is 3.61. The second-order valence-electron chi connectivity index (χ2n) is 5.91. The first-order valence-corrected chi connectivity index (χ1v) is 7.85. The number of hydrogen-bond acceptors (Lipinski definition) is 2. The fourth-order valence-corrected chi connectivity index (χ4v) is 2.94. The number of rotatable bonds is 0. The summed E-state index contributed by atoms with van der Waals surface area (Å²) in [6, 6.07) is 16.4. The normalized spacial score (nSPS) is 12.2. The largest absolute Gasteiger partial charge is 0.355 e. The Bertz CT molecular complexity index is 990. The summed E-state index contributed by atoms with van der Waals surface area (Å²) in [5, 5.41) is 0. The maximum atomic E-state index is 4.63. The van der Waals surface area contributed by atoms with E-state index in [1.165, 1.54) is 0 Å². The molecule has 115 valence electrons. The minimum atomic E-state index is 0. The van der Waals surface area contributed by atoms with Crippen LogP contribution in [0.15, 0.2) is 48.5 Å². The van der Waals surface area contributed by atoms with Gasteiger partial charge in [-0.15, -0.1) is 0 Å². The number of nitrogens with zero attached hydrogens (tertiary/aromatic N) is 2. The second-order valence-corrected chi connectivity index (χ2v) is 5.91. The van der Waals surface area contributed by atoms with Gasteiger partial charge in [-0.3, -0.25) is 0 Å². The maximum Gasteiger partial charge on any atom is 0.0658 e. The quantitative estimate of drug-likeness (QED) is 0.410. The minimum absolute atomic E-state index is 0. The van der Waals surface area contributed by atoms with Crippen LogP contribution < -0.4 is 0 Å². The fourth-order valence-electron chi connectivity index (χ4n) is 2.94. The average molecular weight is 349 g/mol. The van der Waals surface area contributed by atoms with Crippen LogP contribution in [0.3, 0.4) is 0 Å². The fraction of sp³-hybridized carbons (Fsp3) is 0. The standard InChI is InChI=1S/C20H14N4.K/c1-2-14-10-16-5-6-18(23-16)12-20-8-7-19(24-20)11-17-4-3-15(22-17)9-13(1)21-14;/h1-12,21,24H;. The van der Waals surface area contributed by atoms with E-state index in [0.717, 1.165) is 44.8 Å². The van der Waals surface area contributed by atoms with Crippen LogP contribution in [-0.2, 0) is 0 Å². The molecule has 1 radical (unpaired) electrons. The molecule has 3 aromatic heterocycles. The molecule has 5 rings (SSSR count). The van der Waals surface area contributed by atoms with Crippen LogP contribution in [0, 0.1) is 0 Å². The summed E-state index contributed by atoms with van der Waals surface area (Å²) in [7, 11) is 0. The molecule has 0 amide bonds. The molecule has 2 aliphatic rings. The third-order valence-electron chi connectivity index (χ3n) is 4.04. The zero-order valence-corrected chi connectivity index (χ0v) is 16.9. The SMILES string of the molecule is C1=Cc2cc3ccc(cc4nc(cc5ccc(cc1n2)[nH]5)C=C4)[nH]3.[K]. The van der Waals surface area contributed by atoms with Crippen molar-refractivity contribution in [2.24, 2.45) is 0 Å². The molecule has 0 spiro atoms. The second kappa shape index (κ2) is 6.86. The molecule has 4 nitrogen and oxygen atoms in total. The van der Waals surface area contributed by atoms with Crippen molar-refractivity contribution >= 4 is 97.8 Å². The first-order chi connectivity index (χ1) is 11.8. The molecule has 2 N–H and O–H groups in total. The van der Waals surface area contributed by atoms with E-state index in [1.807, 2.05) is 48.6 Å². The Hall–Kier alpha value is -1.76. The third-order valence-corrected chi connectivity index (χ3v) is 4.04. The molecule has 5 heteroatoms. The van der Waals surface area contributed by atoms with E-state index in [1.54, 1.807) is 0 Å². The summed E-state index contributed by atoms with van der Waals surface area (Å²) >= 11 is 0. The summed E-state index contributed by atoms with van der Waals surface area (Å²) in [5.41, 5.74) is 7.86. The number of fused-ring (bicyclic) bond motifs is 8. The molecular formula is C20H14KN4. The van der Waals surface area contributed by atoms with Crippen molar-refractivity contribution in [3.8, 4) is 0 Å². The maximum absolute atomic E-state index is 4.63. The average Bonchev–Trinajstić information content (AvgIpc) is 3.32. The van der Waals surface area contributed by atoms with E-state index in [0.29, 0.717) is 0 Å². The van der Waals surface area contributed by atoms with Crippen molar-refractivity contribution in [3.63, 3.8) is 0 Å². The Morgan fingerprint density at radius 1 is 0.480 bits per heavy atom. The first-order valence-electron chi connectivity index (χ1n) is 7.85. The molecule has 3 aromatic rings. The summed E-state index contributed by atoms with van der Waals surface area (Å²) in [4.78, 5) is 16.0. The molecule has 5 heterocycles. The zero-order chi connectivity index (χ0) is 15.9. The van der Waals surface area contributed by atoms with Gasteiger partial charge in [-0.2, -0.15) is 0 Å². The van der Waals surface area contributed by atoms with Crippen LogP contribution in [-0.4, -0.2) is 71.3 Å². The molecule has 0 aromatic carbocycles. The summed E-state index contributed by atoms with van der Waals surface area (Å²) < 4.78 is 0. The Kier molecular flexibility index (Phi) is 4.58.